The smallest absolute Gasteiger partial charge is 0.0992 e. The molecule has 0 saturated carbocycles. The number of aryl methyl sites for hydroxylation is 3. The van der Waals surface area contributed by atoms with E-state index in [1.807, 2.05) is 43.7 Å². The Kier molecular flexibility index (Phi) is 4.87. The normalized spacial score (nSPS) is 10.4. The van der Waals surface area contributed by atoms with Crippen molar-refractivity contribution in [3.8, 4) is 6.07 Å². The van der Waals surface area contributed by atoms with E-state index in [1.165, 1.54) is 0 Å². The van der Waals surface area contributed by atoms with Gasteiger partial charge in [0.1, 0.15) is 0 Å². The molecule has 0 radical (unpaired) electrons. The average molecular weight is 303 g/mol. The van der Waals surface area contributed by atoms with Gasteiger partial charge in [0.2, 0.25) is 0 Å². The lowest BCUT2D eigenvalue weighted by Gasteiger charge is -2.11. The second-order valence-electron chi connectivity index (χ2n) is 4.87. The van der Waals surface area contributed by atoms with Crippen LogP contribution in [-0.2, 0) is 19.5 Å². The number of rotatable bonds is 5. The minimum atomic E-state index is 0.593. The summed E-state index contributed by atoms with van der Waals surface area (Å²) in [5.41, 5.74) is 4.61. The van der Waals surface area contributed by atoms with Crippen molar-refractivity contribution in [3.05, 3.63) is 45.7 Å². The Morgan fingerprint density at radius 2 is 2.14 bits per heavy atom. The Balaban J connectivity index is 2.24. The predicted molar refractivity (Wildman–Crippen MR) is 85.5 cm³/mol. The molecule has 1 N–H and O–H groups in total. The first-order valence-electron chi connectivity index (χ1n) is 7.09. The second-order valence-corrected chi connectivity index (χ2v) is 5.25. The summed E-state index contributed by atoms with van der Waals surface area (Å²) < 4.78 is 1.93. The number of nitrogens with zero attached hydrogens (tertiary/aromatic N) is 3. The maximum atomic E-state index is 8.99. The molecule has 0 amide bonds. The van der Waals surface area contributed by atoms with Crippen LogP contribution >= 0.6 is 11.6 Å². The fraction of sp³-hybridized carbons (Fsp3) is 0.375. The van der Waals surface area contributed by atoms with Crippen LogP contribution in [0.2, 0.25) is 5.02 Å². The molecule has 0 unspecified atom stereocenters. The summed E-state index contributed by atoms with van der Waals surface area (Å²) in [6.45, 7) is 7.49. The van der Waals surface area contributed by atoms with E-state index in [4.69, 9.17) is 16.9 Å². The zero-order chi connectivity index (χ0) is 15.4. The van der Waals surface area contributed by atoms with E-state index in [0.29, 0.717) is 12.1 Å². The van der Waals surface area contributed by atoms with Crippen LogP contribution in [0.1, 0.15) is 36.4 Å². The van der Waals surface area contributed by atoms with Gasteiger partial charge in [-0.25, -0.2) is 0 Å². The molecule has 0 aliphatic rings. The van der Waals surface area contributed by atoms with Crippen molar-refractivity contribution in [1.82, 2.24) is 9.78 Å². The van der Waals surface area contributed by atoms with Gasteiger partial charge >= 0.3 is 0 Å². The number of nitrogens with one attached hydrogen (secondary N) is 1. The topological polar surface area (TPSA) is 53.6 Å². The fourth-order valence-corrected chi connectivity index (χ4v) is 2.58. The number of anilines is 1. The highest BCUT2D eigenvalue weighted by atomic mass is 35.5. The molecule has 110 valence electrons. The van der Waals surface area contributed by atoms with Crippen LogP contribution in [0.3, 0.4) is 0 Å². The van der Waals surface area contributed by atoms with Gasteiger partial charge in [-0.15, -0.1) is 0 Å². The van der Waals surface area contributed by atoms with E-state index in [-0.39, 0.29) is 0 Å². The van der Waals surface area contributed by atoms with Gasteiger partial charge in [-0.05, 0) is 38.0 Å². The highest BCUT2D eigenvalue weighted by Crippen LogP contribution is 2.24. The Labute approximate surface area is 130 Å². The van der Waals surface area contributed by atoms with Gasteiger partial charge in [-0.1, -0.05) is 24.6 Å². The average Bonchev–Trinajstić information content (AvgIpc) is 2.82. The molecule has 0 fully saturated rings. The van der Waals surface area contributed by atoms with Gasteiger partial charge in [-0.2, -0.15) is 10.4 Å². The van der Waals surface area contributed by atoms with Crippen LogP contribution in [-0.4, -0.2) is 9.78 Å². The summed E-state index contributed by atoms with van der Waals surface area (Å²) in [4.78, 5) is 0. The minimum Gasteiger partial charge on any atom is -0.379 e. The lowest BCUT2D eigenvalue weighted by atomic mass is 10.1. The lowest BCUT2D eigenvalue weighted by Crippen LogP contribution is -2.09. The van der Waals surface area contributed by atoms with Crippen molar-refractivity contribution in [3.63, 3.8) is 0 Å². The van der Waals surface area contributed by atoms with E-state index >= 15 is 0 Å². The molecule has 21 heavy (non-hydrogen) atoms. The molecule has 1 aromatic heterocycles. The molecule has 0 bridgehead atoms. The zero-order valence-corrected chi connectivity index (χ0v) is 13.3. The van der Waals surface area contributed by atoms with Crippen molar-refractivity contribution in [1.29, 1.82) is 5.26 Å². The summed E-state index contributed by atoms with van der Waals surface area (Å²) in [7, 11) is 0. The monoisotopic (exact) mass is 302 g/mol. The quantitative estimate of drug-likeness (QED) is 0.911. The number of aromatic nitrogens is 2. The summed E-state index contributed by atoms with van der Waals surface area (Å²) in [6, 6.07) is 7.77. The molecule has 0 spiro atoms. The van der Waals surface area contributed by atoms with Gasteiger partial charge < -0.3 is 5.32 Å². The first-order chi connectivity index (χ1) is 10.1. The zero-order valence-electron chi connectivity index (χ0n) is 12.6. The summed E-state index contributed by atoms with van der Waals surface area (Å²) >= 11 is 6.40. The van der Waals surface area contributed by atoms with Gasteiger partial charge in [-0.3, -0.25) is 4.68 Å². The highest BCUT2D eigenvalue weighted by molar-refractivity contribution is 6.31. The number of halogens is 1. The van der Waals surface area contributed by atoms with Crippen LogP contribution < -0.4 is 5.32 Å². The number of benzene rings is 1. The van der Waals surface area contributed by atoms with Gasteiger partial charge in [0, 0.05) is 12.2 Å². The van der Waals surface area contributed by atoms with Crippen molar-refractivity contribution in [2.75, 3.05) is 5.32 Å². The summed E-state index contributed by atoms with van der Waals surface area (Å²) in [6.07, 6.45) is 0.821. The molecule has 0 saturated heterocycles. The summed E-state index contributed by atoms with van der Waals surface area (Å²) in [5, 5.41) is 17.6. The predicted octanol–water partition coefficient (Wildman–Crippen LogP) is 3.91. The van der Waals surface area contributed by atoms with Crippen LogP contribution in [0, 0.1) is 18.3 Å². The van der Waals surface area contributed by atoms with E-state index in [9.17, 15) is 0 Å². The van der Waals surface area contributed by atoms with Crippen molar-refractivity contribution < 1.29 is 0 Å². The van der Waals surface area contributed by atoms with Gasteiger partial charge in [0.25, 0.3) is 0 Å². The standard InChI is InChI=1S/C16H19ClN4/c1-4-13-16(17)15(21(5-2)20-13)10-19-14-8-12(9-18)7-6-11(14)3/h6-8,19H,4-5,10H2,1-3H3. The molecule has 2 aromatic rings. The maximum Gasteiger partial charge on any atom is 0.0992 e. The Morgan fingerprint density at radius 1 is 1.38 bits per heavy atom. The molecule has 0 atom stereocenters. The molecule has 2 rings (SSSR count). The number of hydrogen-bond acceptors (Lipinski definition) is 3. The fourth-order valence-electron chi connectivity index (χ4n) is 2.25. The summed E-state index contributed by atoms with van der Waals surface area (Å²) in [5.74, 6) is 0. The third kappa shape index (κ3) is 3.20. The van der Waals surface area contributed by atoms with Crippen LogP contribution in [0.4, 0.5) is 5.69 Å². The molecule has 0 aliphatic carbocycles. The highest BCUT2D eigenvalue weighted by Gasteiger charge is 2.14. The molecular formula is C16H19ClN4. The minimum absolute atomic E-state index is 0.593. The first-order valence-corrected chi connectivity index (χ1v) is 7.47. The SMILES string of the molecule is CCc1nn(CC)c(CNc2cc(C#N)ccc2C)c1Cl. The lowest BCUT2D eigenvalue weighted by molar-refractivity contribution is 0.619. The van der Waals surface area contributed by atoms with E-state index in [0.717, 1.165) is 40.6 Å². The van der Waals surface area contributed by atoms with Crippen molar-refractivity contribution in [2.24, 2.45) is 0 Å². The molecule has 0 aliphatic heterocycles. The molecule has 4 nitrogen and oxygen atoms in total. The number of hydrogen-bond donors (Lipinski definition) is 1. The van der Waals surface area contributed by atoms with Crippen molar-refractivity contribution in [2.45, 2.75) is 40.3 Å². The van der Waals surface area contributed by atoms with Gasteiger partial charge in [0.05, 0.1) is 34.6 Å². The van der Waals surface area contributed by atoms with Gasteiger partial charge in [0.15, 0.2) is 0 Å². The number of nitriles is 1. The molecule has 5 heteroatoms. The third-order valence-electron chi connectivity index (χ3n) is 3.51. The first kappa shape index (κ1) is 15.4. The van der Waals surface area contributed by atoms with Crippen LogP contribution in [0.5, 0.6) is 0 Å². The van der Waals surface area contributed by atoms with E-state index in [2.05, 4.69) is 16.5 Å². The molecule has 1 aromatic carbocycles. The van der Waals surface area contributed by atoms with E-state index in [1.54, 1.807) is 0 Å². The molecule has 1 heterocycles. The Hall–Kier alpha value is -1.99. The largest absolute Gasteiger partial charge is 0.379 e. The Morgan fingerprint density at radius 3 is 2.76 bits per heavy atom. The van der Waals surface area contributed by atoms with Crippen LogP contribution in [0.25, 0.3) is 0 Å². The van der Waals surface area contributed by atoms with Crippen LogP contribution in [0.15, 0.2) is 18.2 Å². The Bertz CT molecular complexity index is 682. The third-order valence-corrected chi connectivity index (χ3v) is 3.94. The molecular weight excluding hydrogens is 284 g/mol. The maximum absolute atomic E-state index is 8.99. The van der Waals surface area contributed by atoms with E-state index < -0.39 is 0 Å². The second kappa shape index (κ2) is 6.64. The van der Waals surface area contributed by atoms with Crippen molar-refractivity contribution >= 4 is 17.3 Å².